The molecule has 3 aliphatic rings. The molecule has 28 heavy (non-hydrogen) atoms. The van der Waals surface area contributed by atoms with E-state index in [1.54, 1.807) is 36.4 Å². The number of carbonyl (C=O) groups is 2. The van der Waals surface area contributed by atoms with Gasteiger partial charge in [0.15, 0.2) is 0 Å². The van der Waals surface area contributed by atoms with E-state index in [1.165, 1.54) is 0 Å². The molecule has 3 heterocycles. The summed E-state index contributed by atoms with van der Waals surface area (Å²) in [6.45, 7) is 4.44. The van der Waals surface area contributed by atoms with Crippen LogP contribution in [0.3, 0.4) is 0 Å². The fourth-order valence-corrected chi connectivity index (χ4v) is 4.33. The van der Waals surface area contributed by atoms with Gasteiger partial charge in [0.1, 0.15) is 11.5 Å². The van der Waals surface area contributed by atoms with Gasteiger partial charge in [-0.05, 0) is 75.2 Å². The minimum absolute atomic E-state index is 0.116. The average Bonchev–Trinajstić information content (AvgIpc) is 2.71. The lowest BCUT2D eigenvalue weighted by atomic mass is 9.79. The number of carbonyl (C=O) groups excluding carboxylic acids is 2. The molecule has 2 amide bonds. The van der Waals surface area contributed by atoms with Crippen molar-refractivity contribution >= 4 is 11.8 Å². The number of fused-ring (bicyclic) bond motifs is 3. The van der Waals surface area contributed by atoms with Gasteiger partial charge in [-0.15, -0.1) is 0 Å². The standard InChI is InChI=1S/C22H25N3O3/c1-14-20(15-10-12-25(14)13-11-15)24-22(27)18-4-2-3-5-19(18)28-17-8-6-16(7-9-17)21(23)26/h2-9,14-15,20H,10-13H2,1H3,(H2,23,26)(H,24,27)/t14-,20-/m0/s1. The lowest BCUT2D eigenvalue weighted by molar-refractivity contribution is 0.0217. The molecular weight excluding hydrogens is 354 g/mol. The van der Waals surface area contributed by atoms with Crippen LogP contribution in [0.4, 0.5) is 0 Å². The van der Waals surface area contributed by atoms with Crippen molar-refractivity contribution in [3.05, 3.63) is 59.7 Å². The van der Waals surface area contributed by atoms with Crippen molar-refractivity contribution in [2.45, 2.75) is 31.8 Å². The summed E-state index contributed by atoms with van der Waals surface area (Å²) in [5.41, 5.74) is 6.19. The van der Waals surface area contributed by atoms with E-state index >= 15 is 0 Å². The Hall–Kier alpha value is -2.86. The number of nitrogens with zero attached hydrogens (tertiary/aromatic N) is 1. The Morgan fingerprint density at radius 1 is 1.07 bits per heavy atom. The molecule has 0 radical (unpaired) electrons. The maximum Gasteiger partial charge on any atom is 0.255 e. The highest BCUT2D eigenvalue weighted by molar-refractivity contribution is 5.97. The second kappa shape index (κ2) is 7.64. The SMILES string of the molecule is C[C@H]1[C@H](NC(=O)c2ccccc2Oc2ccc(C(N)=O)cc2)C2CCN1CC2. The first-order chi connectivity index (χ1) is 13.5. The zero-order valence-corrected chi connectivity index (χ0v) is 15.9. The lowest BCUT2D eigenvalue weighted by Crippen LogP contribution is -2.62. The van der Waals surface area contributed by atoms with Crippen LogP contribution in [0.5, 0.6) is 11.5 Å². The average molecular weight is 379 g/mol. The molecule has 3 fully saturated rings. The Balaban J connectivity index is 1.51. The Morgan fingerprint density at radius 2 is 1.75 bits per heavy atom. The van der Waals surface area contributed by atoms with Crippen LogP contribution in [0.2, 0.25) is 0 Å². The van der Waals surface area contributed by atoms with E-state index in [0.29, 0.717) is 34.6 Å². The van der Waals surface area contributed by atoms with Gasteiger partial charge in [-0.3, -0.25) is 14.5 Å². The summed E-state index contributed by atoms with van der Waals surface area (Å²) in [7, 11) is 0. The quantitative estimate of drug-likeness (QED) is 0.837. The number of amides is 2. The highest BCUT2D eigenvalue weighted by atomic mass is 16.5. The number of piperidine rings is 3. The zero-order valence-electron chi connectivity index (χ0n) is 15.9. The summed E-state index contributed by atoms with van der Waals surface area (Å²) in [5.74, 6) is 0.966. The first-order valence-electron chi connectivity index (χ1n) is 9.74. The molecule has 0 aromatic heterocycles. The van der Waals surface area contributed by atoms with Gasteiger partial charge in [0, 0.05) is 17.6 Å². The Bertz CT molecular complexity index is 871. The molecule has 146 valence electrons. The molecule has 6 nitrogen and oxygen atoms in total. The van der Waals surface area contributed by atoms with Gasteiger partial charge in [-0.2, -0.15) is 0 Å². The number of hydrogen-bond acceptors (Lipinski definition) is 4. The van der Waals surface area contributed by atoms with Gasteiger partial charge in [0.05, 0.1) is 5.56 Å². The van der Waals surface area contributed by atoms with E-state index in [-0.39, 0.29) is 11.9 Å². The first kappa shape index (κ1) is 18.5. The molecule has 0 unspecified atom stereocenters. The molecule has 2 aromatic rings. The molecule has 2 aromatic carbocycles. The van der Waals surface area contributed by atoms with Crippen LogP contribution in [0.1, 0.15) is 40.5 Å². The van der Waals surface area contributed by atoms with Crippen LogP contribution in [-0.4, -0.2) is 41.9 Å². The van der Waals surface area contributed by atoms with Crippen molar-refractivity contribution in [3.63, 3.8) is 0 Å². The summed E-state index contributed by atoms with van der Waals surface area (Å²) >= 11 is 0. The molecule has 0 saturated carbocycles. The summed E-state index contributed by atoms with van der Waals surface area (Å²) in [6, 6.07) is 14.3. The van der Waals surface area contributed by atoms with Crippen molar-refractivity contribution in [3.8, 4) is 11.5 Å². The predicted molar refractivity (Wildman–Crippen MR) is 106 cm³/mol. The highest BCUT2D eigenvalue weighted by Gasteiger charge is 2.40. The number of hydrogen-bond donors (Lipinski definition) is 2. The topological polar surface area (TPSA) is 84.7 Å². The second-order valence-electron chi connectivity index (χ2n) is 7.60. The lowest BCUT2D eigenvalue weighted by Gasteiger charge is -2.49. The molecule has 5 rings (SSSR count). The van der Waals surface area contributed by atoms with E-state index < -0.39 is 5.91 Å². The molecule has 0 spiro atoms. The first-order valence-corrected chi connectivity index (χ1v) is 9.74. The van der Waals surface area contributed by atoms with E-state index in [2.05, 4.69) is 17.1 Å². The third kappa shape index (κ3) is 3.60. The maximum absolute atomic E-state index is 13.0. The fourth-order valence-electron chi connectivity index (χ4n) is 4.33. The summed E-state index contributed by atoms with van der Waals surface area (Å²) in [6.07, 6.45) is 2.28. The second-order valence-corrected chi connectivity index (χ2v) is 7.60. The molecule has 2 bridgehead atoms. The van der Waals surface area contributed by atoms with Crippen molar-refractivity contribution in [1.29, 1.82) is 0 Å². The normalized spacial score (nSPS) is 25.9. The number of rotatable bonds is 5. The molecule has 3 saturated heterocycles. The Kier molecular flexibility index (Phi) is 5.05. The van der Waals surface area contributed by atoms with Gasteiger partial charge in [-0.25, -0.2) is 0 Å². The minimum atomic E-state index is -0.488. The molecule has 2 atom stereocenters. The van der Waals surface area contributed by atoms with Crippen molar-refractivity contribution in [2.75, 3.05) is 13.1 Å². The van der Waals surface area contributed by atoms with E-state index in [1.807, 2.05) is 12.1 Å². The predicted octanol–water partition coefficient (Wildman–Crippen LogP) is 2.79. The molecular formula is C22H25N3O3. The van der Waals surface area contributed by atoms with E-state index in [0.717, 1.165) is 25.9 Å². The molecule has 6 heteroatoms. The maximum atomic E-state index is 13.0. The van der Waals surface area contributed by atoms with E-state index in [9.17, 15) is 9.59 Å². The fraction of sp³-hybridized carbons (Fsp3) is 0.364. The van der Waals surface area contributed by atoms with Crippen LogP contribution < -0.4 is 15.8 Å². The van der Waals surface area contributed by atoms with Gasteiger partial charge < -0.3 is 15.8 Å². The minimum Gasteiger partial charge on any atom is -0.457 e. The van der Waals surface area contributed by atoms with Crippen LogP contribution in [-0.2, 0) is 0 Å². The van der Waals surface area contributed by atoms with Crippen molar-refractivity contribution in [1.82, 2.24) is 10.2 Å². The smallest absolute Gasteiger partial charge is 0.255 e. The Morgan fingerprint density at radius 3 is 2.39 bits per heavy atom. The van der Waals surface area contributed by atoms with Crippen LogP contribution >= 0.6 is 0 Å². The zero-order chi connectivity index (χ0) is 19.7. The number of primary amides is 1. The molecule has 3 aliphatic heterocycles. The molecule has 0 aliphatic carbocycles. The van der Waals surface area contributed by atoms with Crippen LogP contribution in [0, 0.1) is 5.92 Å². The third-order valence-corrected chi connectivity index (χ3v) is 5.97. The van der Waals surface area contributed by atoms with E-state index in [4.69, 9.17) is 10.5 Å². The van der Waals surface area contributed by atoms with Crippen LogP contribution in [0.25, 0.3) is 0 Å². The highest BCUT2D eigenvalue weighted by Crippen LogP contribution is 2.33. The largest absolute Gasteiger partial charge is 0.457 e. The summed E-state index contributed by atoms with van der Waals surface area (Å²) in [5, 5.41) is 3.24. The number of para-hydroxylation sites is 1. The third-order valence-electron chi connectivity index (χ3n) is 5.97. The number of ether oxygens (including phenoxy) is 1. The monoisotopic (exact) mass is 379 g/mol. The number of benzene rings is 2. The van der Waals surface area contributed by atoms with Gasteiger partial charge >= 0.3 is 0 Å². The van der Waals surface area contributed by atoms with Gasteiger partial charge in [0.25, 0.3) is 5.91 Å². The number of nitrogens with one attached hydrogen (secondary N) is 1. The number of nitrogens with two attached hydrogens (primary N) is 1. The van der Waals surface area contributed by atoms with Gasteiger partial charge in [-0.1, -0.05) is 12.1 Å². The van der Waals surface area contributed by atoms with Crippen molar-refractivity contribution in [2.24, 2.45) is 11.7 Å². The Labute approximate surface area is 164 Å². The van der Waals surface area contributed by atoms with Crippen molar-refractivity contribution < 1.29 is 14.3 Å². The summed E-state index contributed by atoms with van der Waals surface area (Å²) in [4.78, 5) is 26.7. The van der Waals surface area contributed by atoms with Gasteiger partial charge in [0.2, 0.25) is 5.91 Å². The molecule has 3 N–H and O–H groups in total. The van der Waals surface area contributed by atoms with Crippen LogP contribution in [0.15, 0.2) is 48.5 Å². The summed E-state index contributed by atoms with van der Waals surface area (Å²) < 4.78 is 5.92.